The number of pyridine rings is 1. The fourth-order valence-electron chi connectivity index (χ4n) is 1.66. The molecule has 3 nitrogen and oxygen atoms in total. The van der Waals surface area contributed by atoms with Gasteiger partial charge in [0.2, 0.25) is 0 Å². The van der Waals surface area contributed by atoms with Crippen molar-refractivity contribution in [3.63, 3.8) is 0 Å². The van der Waals surface area contributed by atoms with Gasteiger partial charge in [0.05, 0.1) is 23.5 Å². The Morgan fingerprint density at radius 2 is 2.27 bits per heavy atom. The van der Waals surface area contributed by atoms with Gasteiger partial charge in [0.15, 0.2) is 0 Å². The van der Waals surface area contributed by atoms with Crippen LogP contribution >= 0.6 is 23.2 Å². The van der Waals surface area contributed by atoms with E-state index in [9.17, 15) is 0 Å². The minimum atomic E-state index is 0.119. The predicted octanol–water partition coefficient (Wildman–Crippen LogP) is 2.48. The molecule has 15 heavy (non-hydrogen) atoms. The molecule has 1 fully saturated rings. The van der Waals surface area contributed by atoms with Crippen LogP contribution in [0.4, 0.5) is 5.69 Å². The fraction of sp³-hybridized carbons (Fsp3) is 0.400. The molecule has 0 unspecified atom stereocenters. The Labute approximate surface area is 99.2 Å². The van der Waals surface area contributed by atoms with Gasteiger partial charge in [-0.3, -0.25) is 0 Å². The third-order valence-corrected chi connectivity index (χ3v) is 3.11. The quantitative estimate of drug-likeness (QED) is 0.773. The number of hydrogen-bond donors (Lipinski definition) is 1. The summed E-state index contributed by atoms with van der Waals surface area (Å²) in [5, 5.41) is 0.809. The second-order valence-electron chi connectivity index (χ2n) is 3.61. The molecular formula is C10H12Cl2N3. The van der Waals surface area contributed by atoms with Crippen molar-refractivity contribution in [2.24, 2.45) is 5.73 Å². The maximum atomic E-state index is 5.90. The Morgan fingerprint density at radius 1 is 1.47 bits per heavy atom. The maximum Gasteiger partial charge on any atom is 0.147 e. The van der Waals surface area contributed by atoms with Crippen LogP contribution in [0.15, 0.2) is 12.3 Å². The Morgan fingerprint density at radius 3 is 2.93 bits per heavy atom. The molecule has 1 atom stereocenters. The molecule has 0 bridgehead atoms. The van der Waals surface area contributed by atoms with E-state index in [0.717, 1.165) is 25.1 Å². The van der Waals surface area contributed by atoms with Gasteiger partial charge in [0.25, 0.3) is 0 Å². The van der Waals surface area contributed by atoms with E-state index >= 15 is 0 Å². The van der Waals surface area contributed by atoms with Crippen molar-refractivity contribution in [2.75, 3.05) is 11.4 Å². The van der Waals surface area contributed by atoms with Gasteiger partial charge in [-0.05, 0) is 18.9 Å². The maximum absolute atomic E-state index is 5.90. The smallest absolute Gasteiger partial charge is 0.147 e. The van der Waals surface area contributed by atoms with E-state index in [4.69, 9.17) is 28.9 Å². The molecule has 0 aromatic carbocycles. The average molecular weight is 245 g/mol. The Bertz CT molecular complexity index is 357. The van der Waals surface area contributed by atoms with Crippen molar-refractivity contribution < 1.29 is 0 Å². The predicted molar refractivity (Wildman–Crippen MR) is 63.1 cm³/mol. The molecule has 1 saturated heterocycles. The molecule has 81 valence electrons. The lowest BCUT2D eigenvalue weighted by atomic mass is 10.1. The van der Waals surface area contributed by atoms with Gasteiger partial charge in [-0.2, -0.15) is 0 Å². The van der Waals surface area contributed by atoms with Crippen molar-refractivity contribution in [1.82, 2.24) is 4.98 Å². The van der Waals surface area contributed by atoms with Gasteiger partial charge < -0.3 is 10.6 Å². The van der Waals surface area contributed by atoms with Crippen LogP contribution in [0, 0.1) is 6.54 Å². The third kappa shape index (κ3) is 2.54. The molecule has 1 aliphatic heterocycles. The normalized spacial score (nSPS) is 21.8. The summed E-state index contributed by atoms with van der Waals surface area (Å²) in [4.78, 5) is 6.08. The van der Waals surface area contributed by atoms with Crippen LogP contribution in [0.1, 0.15) is 12.8 Å². The summed E-state index contributed by atoms with van der Waals surface area (Å²) in [5.74, 6) is 0. The topological polar surface area (TPSA) is 42.1 Å². The Balaban J connectivity index is 2.18. The number of rotatable bonds is 1. The minimum absolute atomic E-state index is 0.119. The lowest BCUT2D eigenvalue weighted by Crippen LogP contribution is -2.38. The first-order valence-corrected chi connectivity index (χ1v) is 5.60. The molecular weight excluding hydrogens is 233 g/mol. The summed E-state index contributed by atoms with van der Waals surface area (Å²) in [6.07, 6.45) is 3.83. The number of nitrogens with two attached hydrogens (primary N) is 1. The highest BCUT2D eigenvalue weighted by atomic mass is 35.5. The number of piperidine rings is 1. The van der Waals surface area contributed by atoms with E-state index in [1.54, 1.807) is 6.20 Å². The summed E-state index contributed by atoms with van der Waals surface area (Å²) in [6, 6.07) is 1.93. The van der Waals surface area contributed by atoms with E-state index in [-0.39, 0.29) is 6.04 Å². The van der Waals surface area contributed by atoms with Crippen LogP contribution in [0.3, 0.4) is 0 Å². The first kappa shape index (κ1) is 11.0. The van der Waals surface area contributed by atoms with Crippen LogP contribution < -0.4 is 10.6 Å². The molecule has 5 heteroatoms. The van der Waals surface area contributed by atoms with Crippen molar-refractivity contribution in [3.8, 4) is 0 Å². The molecule has 0 saturated carbocycles. The largest absolute Gasteiger partial charge is 0.364 e. The lowest BCUT2D eigenvalue weighted by molar-refractivity contribution is 0.560. The van der Waals surface area contributed by atoms with E-state index in [0.29, 0.717) is 10.2 Å². The molecule has 1 radical (unpaired) electrons. The number of anilines is 1. The molecule has 0 aliphatic carbocycles. The third-order valence-electron chi connectivity index (χ3n) is 2.42. The minimum Gasteiger partial charge on any atom is -0.364 e. The van der Waals surface area contributed by atoms with Gasteiger partial charge in [-0.1, -0.05) is 23.2 Å². The van der Waals surface area contributed by atoms with E-state index in [2.05, 4.69) is 9.88 Å². The standard InChI is InChI=1S/C10H12Cl2N3/c11-9-4-8(5-14-10(9)12)15-3-1-2-7(13)6-15/h4-7H,1-3,13H2/t7-/m0/s1. The van der Waals surface area contributed by atoms with E-state index in [1.165, 1.54) is 0 Å². The molecule has 2 heterocycles. The fourth-order valence-corrected chi connectivity index (χ4v) is 1.92. The molecule has 2 N–H and O–H groups in total. The van der Waals surface area contributed by atoms with Gasteiger partial charge in [0, 0.05) is 12.6 Å². The van der Waals surface area contributed by atoms with Gasteiger partial charge in [0.1, 0.15) is 5.15 Å². The van der Waals surface area contributed by atoms with Crippen LogP contribution in [-0.2, 0) is 0 Å². The highest BCUT2D eigenvalue weighted by molar-refractivity contribution is 6.41. The molecule has 1 aliphatic rings. The Hall–Kier alpha value is -0.510. The van der Waals surface area contributed by atoms with Crippen molar-refractivity contribution in [3.05, 3.63) is 29.0 Å². The molecule has 1 aromatic rings. The summed E-state index contributed by atoms with van der Waals surface area (Å²) < 4.78 is 0. The van der Waals surface area contributed by atoms with Crippen molar-refractivity contribution >= 4 is 28.9 Å². The molecule has 1 aromatic heterocycles. The first-order valence-electron chi connectivity index (χ1n) is 4.85. The van der Waals surface area contributed by atoms with Gasteiger partial charge >= 0.3 is 0 Å². The first-order chi connectivity index (χ1) is 7.16. The van der Waals surface area contributed by atoms with Crippen LogP contribution in [0.2, 0.25) is 10.2 Å². The van der Waals surface area contributed by atoms with Crippen LogP contribution in [0.5, 0.6) is 0 Å². The number of hydrogen-bond acceptors (Lipinski definition) is 3. The van der Waals surface area contributed by atoms with E-state index in [1.807, 2.05) is 12.6 Å². The monoisotopic (exact) mass is 244 g/mol. The Kier molecular flexibility index (Phi) is 3.34. The average Bonchev–Trinajstić information content (AvgIpc) is 2.22. The number of aromatic nitrogens is 1. The molecule has 0 amide bonds. The zero-order valence-corrected chi connectivity index (χ0v) is 9.67. The summed E-state index contributed by atoms with van der Waals surface area (Å²) in [6.45, 7) is 2.96. The summed E-state index contributed by atoms with van der Waals surface area (Å²) in [5.41, 5.74) is 6.80. The second kappa shape index (κ2) is 4.56. The number of nitrogens with zero attached hydrogens (tertiary/aromatic N) is 2. The van der Waals surface area contributed by atoms with Crippen molar-refractivity contribution in [1.29, 1.82) is 0 Å². The van der Waals surface area contributed by atoms with Gasteiger partial charge in [-0.15, -0.1) is 0 Å². The summed E-state index contributed by atoms with van der Waals surface area (Å²) >= 11 is 11.7. The lowest BCUT2D eigenvalue weighted by Gasteiger charge is -2.31. The highest BCUT2D eigenvalue weighted by Crippen LogP contribution is 2.27. The SMILES string of the molecule is N[C@@H]1[CH]N(c2cnc(Cl)c(Cl)c2)CCC1. The molecule has 2 rings (SSSR count). The zero-order chi connectivity index (χ0) is 10.8. The zero-order valence-electron chi connectivity index (χ0n) is 8.16. The number of halogens is 2. The van der Waals surface area contributed by atoms with Gasteiger partial charge in [-0.25, -0.2) is 4.98 Å². The second-order valence-corrected chi connectivity index (χ2v) is 4.38. The molecule has 0 spiro atoms. The van der Waals surface area contributed by atoms with Crippen LogP contribution in [-0.4, -0.2) is 17.6 Å². The van der Waals surface area contributed by atoms with Crippen LogP contribution in [0.25, 0.3) is 0 Å². The highest BCUT2D eigenvalue weighted by Gasteiger charge is 2.18. The summed E-state index contributed by atoms with van der Waals surface area (Å²) in [7, 11) is 0. The van der Waals surface area contributed by atoms with Crippen molar-refractivity contribution in [2.45, 2.75) is 18.9 Å². The van der Waals surface area contributed by atoms with E-state index < -0.39 is 0 Å².